The predicted molar refractivity (Wildman–Crippen MR) is 96.8 cm³/mol. The number of esters is 1. The van der Waals surface area contributed by atoms with Crippen molar-refractivity contribution >= 4 is 12.1 Å². The third-order valence-corrected chi connectivity index (χ3v) is 4.63. The second kappa shape index (κ2) is 9.53. The molecular weight excluding hydrogens is 350 g/mol. The molecule has 2 aliphatic heterocycles. The lowest BCUT2D eigenvalue weighted by molar-refractivity contribution is -0.157. The number of carbonyl (C=O) groups excluding carboxylic acids is 2. The van der Waals surface area contributed by atoms with Crippen LogP contribution in [0.2, 0.25) is 0 Å². The number of hydrogen-bond donors (Lipinski definition) is 0. The van der Waals surface area contributed by atoms with E-state index in [4.69, 9.17) is 18.9 Å². The highest BCUT2D eigenvalue weighted by Gasteiger charge is 2.31. The molecule has 0 spiro atoms. The van der Waals surface area contributed by atoms with Gasteiger partial charge >= 0.3 is 12.1 Å². The smallest absolute Gasteiger partial charge is 0.410 e. The molecule has 1 atom stereocenters. The van der Waals surface area contributed by atoms with Crippen LogP contribution in [0.15, 0.2) is 41.5 Å². The van der Waals surface area contributed by atoms with Crippen LogP contribution in [-0.4, -0.2) is 56.7 Å². The highest BCUT2D eigenvalue weighted by molar-refractivity contribution is 5.91. The van der Waals surface area contributed by atoms with Crippen molar-refractivity contribution in [1.82, 2.24) is 4.90 Å². The Balaban J connectivity index is 1.56. The van der Waals surface area contributed by atoms with E-state index in [-0.39, 0.29) is 32.6 Å². The first kappa shape index (κ1) is 19.4. The summed E-state index contributed by atoms with van der Waals surface area (Å²) in [6.45, 7) is 1.55. The summed E-state index contributed by atoms with van der Waals surface area (Å²) in [6.07, 6.45) is 2.21. The molecule has 1 amide bonds. The summed E-state index contributed by atoms with van der Waals surface area (Å²) < 4.78 is 21.5. The van der Waals surface area contributed by atoms with E-state index >= 15 is 0 Å². The Morgan fingerprint density at radius 3 is 2.67 bits per heavy atom. The minimum Gasteiger partial charge on any atom is -0.466 e. The molecule has 1 aromatic carbocycles. The van der Waals surface area contributed by atoms with Gasteiger partial charge in [-0.15, -0.1) is 0 Å². The first-order valence-corrected chi connectivity index (χ1v) is 9.15. The zero-order valence-electron chi connectivity index (χ0n) is 15.5. The van der Waals surface area contributed by atoms with Crippen LogP contribution in [0.5, 0.6) is 0 Å². The molecule has 1 unspecified atom stereocenters. The second-order valence-electron chi connectivity index (χ2n) is 6.58. The maximum atomic E-state index is 12.4. The number of methoxy groups -OCH3 is 1. The van der Waals surface area contributed by atoms with Crippen molar-refractivity contribution in [3.05, 3.63) is 47.0 Å². The third kappa shape index (κ3) is 5.30. The van der Waals surface area contributed by atoms with Crippen molar-refractivity contribution in [2.24, 2.45) is 0 Å². The van der Waals surface area contributed by atoms with Gasteiger partial charge in [0.15, 0.2) is 6.29 Å². The minimum atomic E-state index is -0.468. The maximum absolute atomic E-state index is 12.4. The molecule has 7 heteroatoms. The fourth-order valence-electron chi connectivity index (χ4n) is 3.13. The Labute approximate surface area is 158 Å². The highest BCUT2D eigenvalue weighted by atomic mass is 16.7. The van der Waals surface area contributed by atoms with Gasteiger partial charge in [0.2, 0.25) is 0 Å². The van der Waals surface area contributed by atoms with Crippen molar-refractivity contribution < 1.29 is 28.5 Å². The molecule has 0 aromatic heterocycles. The number of ether oxygens (including phenoxy) is 4. The SMILES string of the molecule is COC(=O)C1=C(COC2CCCCO2)CN(C(=O)OCc2ccccc2)C1. The molecule has 0 N–H and O–H groups in total. The second-order valence-corrected chi connectivity index (χ2v) is 6.58. The van der Waals surface area contributed by atoms with Crippen LogP contribution < -0.4 is 0 Å². The van der Waals surface area contributed by atoms with Crippen LogP contribution in [0.4, 0.5) is 4.79 Å². The van der Waals surface area contributed by atoms with Crippen molar-refractivity contribution in [3.8, 4) is 0 Å². The van der Waals surface area contributed by atoms with E-state index in [1.807, 2.05) is 30.3 Å². The number of benzene rings is 1. The number of hydrogen-bond acceptors (Lipinski definition) is 6. The van der Waals surface area contributed by atoms with Crippen molar-refractivity contribution in [2.45, 2.75) is 32.2 Å². The number of amides is 1. The molecule has 1 fully saturated rings. The molecule has 0 bridgehead atoms. The van der Waals surface area contributed by atoms with Crippen LogP contribution in [0.25, 0.3) is 0 Å². The van der Waals surface area contributed by atoms with Crippen LogP contribution in [-0.2, 0) is 30.3 Å². The van der Waals surface area contributed by atoms with E-state index in [2.05, 4.69) is 0 Å². The van der Waals surface area contributed by atoms with Crippen LogP contribution >= 0.6 is 0 Å². The van der Waals surface area contributed by atoms with Gasteiger partial charge in [-0.1, -0.05) is 30.3 Å². The summed E-state index contributed by atoms with van der Waals surface area (Å²) in [4.78, 5) is 25.9. The summed E-state index contributed by atoms with van der Waals surface area (Å²) in [5.41, 5.74) is 2.09. The van der Waals surface area contributed by atoms with E-state index in [9.17, 15) is 9.59 Å². The zero-order valence-corrected chi connectivity index (χ0v) is 15.5. The van der Waals surface area contributed by atoms with Gasteiger partial charge in [-0.05, 0) is 30.4 Å². The molecule has 0 aliphatic carbocycles. The Morgan fingerprint density at radius 1 is 1.15 bits per heavy atom. The number of carbonyl (C=O) groups is 2. The Bertz CT molecular complexity index is 681. The molecule has 27 heavy (non-hydrogen) atoms. The van der Waals surface area contributed by atoms with Gasteiger partial charge in [-0.2, -0.15) is 0 Å². The van der Waals surface area contributed by atoms with Crippen LogP contribution in [0.3, 0.4) is 0 Å². The maximum Gasteiger partial charge on any atom is 0.410 e. The highest BCUT2D eigenvalue weighted by Crippen LogP contribution is 2.22. The minimum absolute atomic E-state index is 0.157. The molecule has 2 heterocycles. The fourth-order valence-corrected chi connectivity index (χ4v) is 3.13. The van der Waals surface area contributed by atoms with Gasteiger partial charge in [-0.25, -0.2) is 9.59 Å². The Hall–Kier alpha value is -2.38. The normalized spacial score (nSPS) is 19.9. The van der Waals surface area contributed by atoms with Crippen molar-refractivity contribution in [1.29, 1.82) is 0 Å². The summed E-state index contributed by atoms with van der Waals surface area (Å²) in [6, 6.07) is 9.45. The van der Waals surface area contributed by atoms with Gasteiger partial charge in [-0.3, -0.25) is 4.90 Å². The van der Waals surface area contributed by atoms with Crippen LogP contribution in [0.1, 0.15) is 24.8 Å². The lowest BCUT2D eigenvalue weighted by Gasteiger charge is -2.23. The lowest BCUT2D eigenvalue weighted by atomic mass is 10.1. The largest absolute Gasteiger partial charge is 0.466 e. The van der Waals surface area contributed by atoms with Gasteiger partial charge in [0.05, 0.1) is 25.8 Å². The van der Waals surface area contributed by atoms with E-state index < -0.39 is 12.1 Å². The van der Waals surface area contributed by atoms with E-state index in [0.29, 0.717) is 12.2 Å². The van der Waals surface area contributed by atoms with E-state index in [1.165, 1.54) is 12.0 Å². The fraction of sp³-hybridized carbons (Fsp3) is 0.500. The first-order valence-electron chi connectivity index (χ1n) is 9.15. The average Bonchev–Trinajstić information content (AvgIpc) is 3.16. The molecule has 1 aromatic rings. The summed E-state index contributed by atoms with van der Waals surface area (Å²) in [5.74, 6) is -0.448. The quantitative estimate of drug-likeness (QED) is 0.712. The van der Waals surface area contributed by atoms with Crippen molar-refractivity contribution in [2.75, 3.05) is 33.4 Å². The van der Waals surface area contributed by atoms with Gasteiger partial charge in [0, 0.05) is 13.2 Å². The molecule has 0 radical (unpaired) electrons. The zero-order chi connectivity index (χ0) is 19.1. The van der Waals surface area contributed by atoms with Crippen molar-refractivity contribution in [3.63, 3.8) is 0 Å². The Kier molecular flexibility index (Phi) is 6.84. The van der Waals surface area contributed by atoms with Crippen LogP contribution in [0, 0.1) is 0 Å². The van der Waals surface area contributed by atoms with E-state index in [1.54, 1.807) is 0 Å². The summed E-state index contributed by atoms with van der Waals surface area (Å²) in [7, 11) is 1.33. The monoisotopic (exact) mass is 375 g/mol. The lowest BCUT2D eigenvalue weighted by Crippen LogP contribution is -2.31. The predicted octanol–water partition coefficient (Wildman–Crippen LogP) is 2.65. The molecule has 2 aliphatic rings. The first-order chi connectivity index (χ1) is 13.2. The Morgan fingerprint density at radius 2 is 1.96 bits per heavy atom. The molecule has 7 nitrogen and oxygen atoms in total. The molecule has 1 saturated heterocycles. The molecule has 3 rings (SSSR count). The van der Waals surface area contributed by atoms with E-state index in [0.717, 1.165) is 30.4 Å². The number of rotatable bonds is 6. The summed E-state index contributed by atoms with van der Waals surface area (Å²) >= 11 is 0. The van der Waals surface area contributed by atoms with Gasteiger partial charge in [0.25, 0.3) is 0 Å². The third-order valence-electron chi connectivity index (χ3n) is 4.63. The molecule has 146 valence electrons. The average molecular weight is 375 g/mol. The molecular formula is C20H25NO6. The molecule has 0 saturated carbocycles. The standard InChI is InChI=1S/C20H25NO6/c1-24-19(22)17-12-21(20(23)27-13-15-7-3-2-4-8-15)11-16(17)14-26-18-9-5-6-10-25-18/h2-4,7-8,18H,5-6,9-14H2,1H3. The van der Waals surface area contributed by atoms with Gasteiger partial charge in [0.1, 0.15) is 6.61 Å². The number of nitrogens with zero attached hydrogens (tertiary/aromatic N) is 1. The topological polar surface area (TPSA) is 74.3 Å². The summed E-state index contributed by atoms with van der Waals surface area (Å²) in [5, 5.41) is 0. The van der Waals surface area contributed by atoms with Gasteiger partial charge < -0.3 is 18.9 Å².